The molecule has 5 aromatic rings. The van der Waals surface area contributed by atoms with Crippen LogP contribution >= 0.6 is 0 Å². The lowest BCUT2D eigenvalue weighted by atomic mass is 10.1. The van der Waals surface area contributed by atoms with Gasteiger partial charge in [0, 0.05) is 35.5 Å². The molecule has 4 heterocycles. The summed E-state index contributed by atoms with van der Waals surface area (Å²) in [6.07, 6.45) is 1.07. The minimum absolute atomic E-state index is 0.0219. The Bertz CT molecular complexity index is 1760. The number of aromatic nitrogens is 7. The van der Waals surface area contributed by atoms with Crippen molar-refractivity contribution < 1.29 is 22.6 Å². The molecule has 0 aliphatic heterocycles. The van der Waals surface area contributed by atoms with Crippen LogP contribution in [0.25, 0.3) is 33.8 Å². The molecule has 1 aliphatic carbocycles. The molecular weight excluding hydrogens is 527 g/mol. The Hall–Kier alpha value is -4.81. The van der Waals surface area contributed by atoms with Gasteiger partial charge in [-0.25, -0.2) is 24.9 Å². The second-order valence-corrected chi connectivity index (χ2v) is 9.28. The maximum Gasteiger partial charge on any atom is 0.434 e. The number of alkyl halides is 3. The summed E-state index contributed by atoms with van der Waals surface area (Å²) in [4.78, 5) is 34.1. The van der Waals surface area contributed by atoms with E-state index in [1.807, 2.05) is 0 Å². The van der Waals surface area contributed by atoms with E-state index in [2.05, 4.69) is 24.9 Å². The lowest BCUT2D eigenvalue weighted by Crippen LogP contribution is -2.21. The van der Waals surface area contributed by atoms with Crippen LogP contribution in [0.3, 0.4) is 0 Å². The number of ether oxygens (including phenoxy) is 2. The number of benzene rings is 1. The topological polar surface area (TPSA) is 110 Å². The highest BCUT2D eigenvalue weighted by molar-refractivity contribution is 5.78. The van der Waals surface area contributed by atoms with E-state index in [4.69, 9.17) is 9.47 Å². The Morgan fingerprint density at radius 2 is 1.65 bits per heavy atom. The lowest BCUT2D eigenvalue weighted by Gasteiger charge is -2.13. The van der Waals surface area contributed by atoms with E-state index in [-0.39, 0.29) is 41.6 Å². The number of hydrogen-bond donors (Lipinski definition) is 0. The van der Waals surface area contributed by atoms with Gasteiger partial charge in [-0.2, -0.15) is 13.2 Å². The Morgan fingerprint density at radius 3 is 2.27 bits per heavy atom. The highest BCUT2D eigenvalue weighted by atomic mass is 19.4. The number of rotatable bonds is 7. The summed E-state index contributed by atoms with van der Waals surface area (Å²) in [6.45, 7) is 0.164. The third-order valence-corrected chi connectivity index (χ3v) is 6.63. The molecule has 10 nitrogen and oxygen atoms in total. The average Bonchev–Trinajstić information content (AvgIpc) is 3.70. The first-order valence-corrected chi connectivity index (χ1v) is 12.3. The summed E-state index contributed by atoms with van der Waals surface area (Å²) in [7, 11) is 2.90. The fourth-order valence-electron chi connectivity index (χ4n) is 4.52. The van der Waals surface area contributed by atoms with Gasteiger partial charge in [0.25, 0.3) is 5.56 Å². The minimum Gasteiger partial charge on any atom is -0.480 e. The first-order chi connectivity index (χ1) is 19.3. The van der Waals surface area contributed by atoms with Crippen LogP contribution in [0.1, 0.15) is 30.1 Å². The largest absolute Gasteiger partial charge is 0.480 e. The molecule has 1 fully saturated rings. The zero-order valence-electron chi connectivity index (χ0n) is 21.4. The van der Waals surface area contributed by atoms with E-state index in [1.54, 1.807) is 41.1 Å². The third kappa shape index (κ3) is 4.63. The van der Waals surface area contributed by atoms with Gasteiger partial charge in [0.1, 0.15) is 23.4 Å². The van der Waals surface area contributed by atoms with Crippen LogP contribution in [0.4, 0.5) is 13.2 Å². The van der Waals surface area contributed by atoms with E-state index in [1.165, 1.54) is 31.2 Å². The van der Waals surface area contributed by atoms with Crippen molar-refractivity contribution in [1.82, 2.24) is 34.1 Å². The van der Waals surface area contributed by atoms with Crippen LogP contribution in [-0.2, 0) is 12.7 Å². The first-order valence-electron chi connectivity index (χ1n) is 12.3. The van der Waals surface area contributed by atoms with E-state index in [9.17, 15) is 18.0 Å². The molecule has 0 amide bonds. The zero-order chi connectivity index (χ0) is 28.0. The van der Waals surface area contributed by atoms with Gasteiger partial charge in [-0.3, -0.25) is 9.36 Å². The van der Waals surface area contributed by atoms with Gasteiger partial charge < -0.3 is 14.0 Å². The summed E-state index contributed by atoms with van der Waals surface area (Å²) in [5, 5.41) is 0.626. The number of fused-ring (bicyclic) bond motifs is 1. The molecule has 4 aromatic heterocycles. The molecule has 13 heteroatoms. The Labute approximate surface area is 225 Å². The maximum atomic E-state index is 13.3. The molecule has 40 heavy (non-hydrogen) atoms. The number of halogens is 3. The molecule has 0 atom stereocenters. The molecule has 0 bridgehead atoms. The number of methoxy groups -OCH3 is 2. The molecule has 0 spiro atoms. The summed E-state index contributed by atoms with van der Waals surface area (Å²) in [5.74, 6) is 0.910. The molecule has 1 aliphatic rings. The number of hydrogen-bond acceptors (Lipinski definition) is 8. The van der Waals surface area contributed by atoms with Gasteiger partial charge in [-0.15, -0.1) is 0 Å². The molecule has 1 aromatic carbocycles. The highest BCUT2D eigenvalue weighted by Gasteiger charge is 2.37. The van der Waals surface area contributed by atoms with Crippen molar-refractivity contribution in [2.24, 2.45) is 0 Å². The van der Waals surface area contributed by atoms with Gasteiger partial charge in [-0.05, 0) is 24.5 Å². The third-order valence-electron chi connectivity index (χ3n) is 6.63. The van der Waals surface area contributed by atoms with Crippen LogP contribution in [0.2, 0.25) is 0 Å². The Kier molecular flexibility index (Phi) is 6.20. The van der Waals surface area contributed by atoms with E-state index in [0.717, 1.165) is 24.6 Å². The van der Waals surface area contributed by atoms with Crippen molar-refractivity contribution >= 4 is 11.0 Å². The van der Waals surface area contributed by atoms with Crippen LogP contribution in [-0.4, -0.2) is 48.3 Å². The predicted octanol–water partition coefficient (Wildman–Crippen LogP) is 4.53. The summed E-state index contributed by atoms with van der Waals surface area (Å²) in [5.41, 5.74) is 0.818. The van der Waals surface area contributed by atoms with Crippen molar-refractivity contribution in [3.63, 3.8) is 0 Å². The standard InChI is InChI=1S/C27H22F3N7O3/c1-39-25-21(26(40-2)33-14-32-25)22-31-11-17-7-10-20(38)37(24(17)35-22)12-15-3-5-16(6-4-15)23-34-19(27(28,29)30)13-36(23)18-8-9-18/h3-7,10-11,13-14,18H,8-9,12H2,1-2H3. The summed E-state index contributed by atoms with van der Waals surface area (Å²) < 4.78 is 53.8. The van der Waals surface area contributed by atoms with Crippen LogP contribution < -0.4 is 15.0 Å². The van der Waals surface area contributed by atoms with Crippen LogP contribution in [0, 0.1) is 0 Å². The molecule has 0 unspecified atom stereocenters. The molecule has 0 radical (unpaired) electrons. The quantitative estimate of drug-likeness (QED) is 0.291. The van der Waals surface area contributed by atoms with Gasteiger partial charge in [-0.1, -0.05) is 24.3 Å². The van der Waals surface area contributed by atoms with Crippen molar-refractivity contribution in [3.8, 4) is 34.5 Å². The highest BCUT2D eigenvalue weighted by Crippen LogP contribution is 2.41. The monoisotopic (exact) mass is 549 g/mol. The van der Waals surface area contributed by atoms with E-state index in [0.29, 0.717) is 22.2 Å². The fraction of sp³-hybridized carbons (Fsp3) is 0.259. The Balaban J connectivity index is 1.37. The van der Waals surface area contributed by atoms with Gasteiger partial charge in [0.15, 0.2) is 11.5 Å². The minimum atomic E-state index is -4.52. The molecular formula is C27H22F3N7O3. The van der Waals surface area contributed by atoms with Crippen LogP contribution in [0.15, 0.2) is 59.9 Å². The second kappa shape index (κ2) is 9.74. The van der Waals surface area contributed by atoms with Crippen molar-refractivity contribution in [3.05, 3.63) is 76.7 Å². The molecule has 6 rings (SSSR count). The van der Waals surface area contributed by atoms with E-state index < -0.39 is 11.9 Å². The zero-order valence-corrected chi connectivity index (χ0v) is 21.4. The SMILES string of the molecule is COc1ncnc(OC)c1-c1ncc2ccc(=O)n(Cc3ccc(-c4nc(C(F)(F)F)cn4C4CC4)cc3)c2n1. The fourth-order valence-corrected chi connectivity index (χ4v) is 4.52. The number of nitrogens with zero attached hydrogens (tertiary/aromatic N) is 7. The summed E-state index contributed by atoms with van der Waals surface area (Å²) in [6, 6.07) is 10.0. The normalized spacial score (nSPS) is 13.5. The molecule has 0 saturated heterocycles. The smallest absolute Gasteiger partial charge is 0.434 e. The number of imidazole rings is 1. The number of pyridine rings is 1. The predicted molar refractivity (Wildman–Crippen MR) is 138 cm³/mol. The lowest BCUT2D eigenvalue weighted by molar-refractivity contribution is -0.140. The molecule has 1 saturated carbocycles. The van der Waals surface area contributed by atoms with Crippen LogP contribution in [0.5, 0.6) is 11.8 Å². The first kappa shape index (κ1) is 25.5. The molecule has 204 valence electrons. The molecule has 0 N–H and O–H groups in total. The van der Waals surface area contributed by atoms with Crippen molar-refractivity contribution in [1.29, 1.82) is 0 Å². The second-order valence-electron chi connectivity index (χ2n) is 9.28. The van der Waals surface area contributed by atoms with Crippen molar-refractivity contribution in [2.75, 3.05) is 14.2 Å². The summed E-state index contributed by atoms with van der Waals surface area (Å²) >= 11 is 0. The van der Waals surface area contributed by atoms with Gasteiger partial charge in [0.05, 0.1) is 20.8 Å². The van der Waals surface area contributed by atoms with Gasteiger partial charge >= 0.3 is 6.18 Å². The average molecular weight is 550 g/mol. The maximum absolute atomic E-state index is 13.3. The van der Waals surface area contributed by atoms with E-state index >= 15 is 0 Å². The Morgan fingerprint density at radius 1 is 0.950 bits per heavy atom. The van der Waals surface area contributed by atoms with Gasteiger partial charge in [0.2, 0.25) is 11.8 Å². The van der Waals surface area contributed by atoms with Crippen molar-refractivity contribution in [2.45, 2.75) is 31.6 Å².